The van der Waals surface area contributed by atoms with Gasteiger partial charge in [0.05, 0.1) is 17.8 Å². The smallest absolute Gasteiger partial charge is 0.309 e. The van der Waals surface area contributed by atoms with Crippen molar-refractivity contribution in [2.75, 3.05) is 0 Å². The Labute approximate surface area is 89.1 Å². The Morgan fingerprint density at radius 1 is 1.47 bits per heavy atom. The zero-order valence-electron chi connectivity index (χ0n) is 9.23. The molecule has 0 aliphatic rings. The van der Waals surface area contributed by atoms with Crippen LogP contribution in [-0.2, 0) is 24.2 Å². The molecule has 15 heavy (non-hydrogen) atoms. The Hall–Kier alpha value is -1.39. The topological polar surface area (TPSA) is 68.0 Å². The summed E-state index contributed by atoms with van der Waals surface area (Å²) in [5.74, 6) is -0.854. The fourth-order valence-corrected chi connectivity index (χ4v) is 1.52. The number of rotatable bonds is 6. The van der Waals surface area contributed by atoms with Crippen LogP contribution in [0.5, 0.6) is 0 Å². The third-order valence-corrected chi connectivity index (χ3v) is 2.30. The van der Waals surface area contributed by atoms with Crippen LogP contribution in [0.15, 0.2) is 0 Å². The number of carboxylic acid groups (broad SMARTS) is 1. The normalized spacial score (nSPS) is 10.5. The average molecular weight is 211 g/mol. The number of carbonyl (C=O) groups is 1. The molecule has 0 spiro atoms. The number of carboxylic acids is 1. The molecule has 1 heterocycles. The Kier molecular flexibility index (Phi) is 4.27. The van der Waals surface area contributed by atoms with Crippen molar-refractivity contribution in [3.8, 4) is 0 Å². The second kappa shape index (κ2) is 5.48. The van der Waals surface area contributed by atoms with E-state index in [2.05, 4.69) is 17.2 Å². The number of hydrogen-bond acceptors (Lipinski definition) is 3. The molecule has 0 unspecified atom stereocenters. The van der Waals surface area contributed by atoms with Gasteiger partial charge >= 0.3 is 5.97 Å². The molecule has 0 aliphatic heterocycles. The molecule has 1 aromatic heterocycles. The summed E-state index contributed by atoms with van der Waals surface area (Å²) in [5.41, 5.74) is 1.55. The number of hydrogen-bond donors (Lipinski definition) is 1. The van der Waals surface area contributed by atoms with Gasteiger partial charge in [0.2, 0.25) is 0 Å². The molecule has 0 atom stereocenters. The summed E-state index contributed by atoms with van der Waals surface area (Å²) in [7, 11) is 0. The molecule has 5 heteroatoms. The number of aliphatic carboxylic acids is 1. The third-order valence-electron chi connectivity index (χ3n) is 2.30. The van der Waals surface area contributed by atoms with Crippen LogP contribution in [0.3, 0.4) is 0 Å². The van der Waals surface area contributed by atoms with Gasteiger partial charge in [-0.3, -0.25) is 4.79 Å². The molecular weight excluding hydrogens is 194 g/mol. The molecule has 0 aromatic carbocycles. The highest BCUT2D eigenvalue weighted by Gasteiger charge is 2.13. The maximum absolute atomic E-state index is 10.6. The van der Waals surface area contributed by atoms with Crippen molar-refractivity contribution >= 4 is 5.97 Å². The summed E-state index contributed by atoms with van der Waals surface area (Å²) >= 11 is 0. The summed E-state index contributed by atoms with van der Waals surface area (Å²) in [5, 5.41) is 16.6. The molecule has 0 saturated heterocycles. The van der Waals surface area contributed by atoms with Gasteiger partial charge in [-0.25, -0.2) is 4.68 Å². The molecule has 1 N–H and O–H groups in total. The predicted octanol–water partition coefficient (Wildman–Crippen LogP) is 1.27. The van der Waals surface area contributed by atoms with Gasteiger partial charge in [0, 0.05) is 6.54 Å². The molecule has 0 fully saturated rings. The standard InChI is InChI=1S/C10H17N3O2/c1-3-5-6-13-9(4-2)8(11-12-13)7-10(14)15/h3-7H2,1-2H3,(H,14,15). The molecule has 0 amide bonds. The minimum absolute atomic E-state index is 0.0324. The largest absolute Gasteiger partial charge is 0.481 e. The van der Waals surface area contributed by atoms with E-state index in [0.717, 1.165) is 31.5 Å². The summed E-state index contributed by atoms with van der Waals surface area (Å²) in [6.07, 6.45) is 2.88. The number of aryl methyl sites for hydroxylation is 1. The van der Waals surface area contributed by atoms with Gasteiger partial charge in [0.25, 0.3) is 0 Å². The highest BCUT2D eigenvalue weighted by atomic mass is 16.4. The second-order valence-corrected chi connectivity index (χ2v) is 3.48. The van der Waals surface area contributed by atoms with Gasteiger partial charge in [-0.2, -0.15) is 0 Å². The average Bonchev–Trinajstić information content (AvgIpc) is 2.56. The van der Waals surface area contributed by atoms with E-state index in [4.69, 9.17) is 5.11 Å². The Morgan fingerprint density at radius 3 is 2.73 bits per heavy atom. The van der Waals surface area contributed by atoms with E-state index in [1.54, 1.807) is 0 Å². The van der Waals surface area contributed by atoms with Crippen LogP contribution in [0.1, 0.15) is 38.1 Å². The Morgan fingerprint density at radius 2 is 2.20 bits per heavy atom. The summed E-state index contributed by atoms with van der Waals surface area (Å²) in [6.45, 7) is 4.93. The summed E-state index contributed by atoms with van der Waals surface area (Å²) in [6, 6.07) is 0. The molecular formula is C10H17N3O2. The van der Waals surface area contributed by atoms with Crippen LogP contribution in [0.2, 0.25) is 0 Å². The van der Waals surface area contributed by atoms with E-state index in [9.17, 15) is 4.79 Å². The van der Waals surface area contributed by atoms with Gasteiger partial charge in [0.1, 0.15) is 0 Å². The molecule has 0 saturated carbocycles. The summed E-state index contributed by atoms with van der Waals surface area (Å²) < 4.78 is 1.82. The monoisotopic (exact) mass is 211 g/mol. The zero-order chi connectivity index (χ0) is 11.3. The quantitative estimate of drug-likeness (QED) is 0.769. The maximum atomic E-state index is 10.6. The van der Waals surface area contributed by atoms with Crippen molar-refractivity contribution in [1.82, 2.24) is 15.0 Å². The van der Waals surface area contributed by atoms with Gasteiger partial charge < -0.3 is 5.11 Å². The number of nitrogens with zero attached hydrogens (tertiary/aromatic N) is 3. The first-order valence-corrected chi connectivity index (χ1v) is 5.32. The van der Waals surface area contributed by atoms with Crippen molar-refractivity contribution in [2.45, 2.75) is 46.1 Å². The van der Waals surface area contributed by atoms with Crippen LogP contribution < -0.4 is 0 Å². The lowest BCUT2D eigenvalue weighted by Gasteiger charge is -2.03. The van der Waals surface area contributed by atoms with Crippen molar-refractivity contribution in [3.63, 3.8) is 0 Å². The number of aromatic nitrogens is 3. The Balaban J connectivity index is 2.80. The lowest BCUT2D eigenvalue weighted by Crippen LogP contribution is -2.07. The molecule has 0 bridgehead atoms. The highest BCUT2D eigenvalue weighted by molar-refractivity contribution is 5.69. The van der Waals surface area contributed by atoms with Crippen LogP contribution in [-0.4, -0.2) is 26.1 Å². The van der Waals surface area contributed by atoms with E-state index in [0.29, 0.717) is 5.69 Å². The van der Waals surface area contributed by atoms with E-state index in [-0.39, 0.29) is 6.42 Å². The van der Waals surface area contributed by atoms with Crippen molar-refractivity contribution in [1.29, 1.82) is 0 Å². The number of unbranched alkanes of at least 4 members (excludes halogenated alkanes) is 1. The molecule has 1 rings (SSSR count). The molecule has 0 radical (unpaired) electrons. The van der Waals surface area contributed by atoms with Gasteiger partial charge in [-0.15, -0.1) is 5.10 Å². The van der Waals surface area contributed by atoms with E-state index in [1.807, 2.05) is 11.6 Å². The van der Waals surface area contributed by atoms with Crippen molar-refractivity contribution in [2.24, 2.45) is 0 Å². The van der Waals surface area contributed by atoms with Gasteiger partial charge in [-0.1, -0.05) is 25.5 Å². The van der Waals surface area contributed by atoms with E-state index < -0.39 is 5.97 Å². The van der Waals surface area contributed by atoms with Gasteiger partial charge in [0.15, 0.2) is 0 Å². The minimum Gasteiger partial charge on any atom is -0.481 e. The first-order valence-electron chi connectivity index (χ1n) is 5.32. The molecule has 5 nitrogen and oxygen atoms in total. The lowest BCUT2D eigenvalue weighted by molar-refractivity contribution is -0.136. The highest BCUT2D eigenvalue weighted by Crippen LogP contribution is 2.08. The zero-order valence-corrected chi connectivity index (χ0v) is 9.23. The van der Waals surface area contributed by atoms with Crippen LogP contribution in [0.4, 0.5) is 0 Å². The van der Waals surface area contributed by atoms with E-state index >= 15 is 0 Å². The Bertz CT molecular complexity index is 333. The first kappa shape index (κ1) is 11.7. The van der Waals surface area contributed by atoms with E-state index in [1.165, 1.54) is 0 Å². The first-order chi connectivity index (χ1) is 7.19. The third kappa shape index (κ3) is 3.04. The van der Waals surface area contributed by atoms with Crippen molar-refractivity contribution < 1.29 is 9.90 Å². The second-order valence-electron chi connectivity index (χ2n) is 3.48. The molecule has 0 aliphatic carbocycles. The lowest BCUT2D eigenvalue weighted by atomic mass is 10.2. The fourth-order valence-electron chi connectivity index (χ4n) is 1.52. The van der Waals surface area contributed by atoms with Crippen LogP contribution in [0, 0.1) is 0 Å². The minimum atomic E-state index is -0.854. The van der Waals surface area contributed by atoms with Crippen LogP contribution >= 0.6 is 0 Å². The molecule has 1 aromatic rings. The summed E-state index contributed by atoms with van der Waals surface area (Å²) in [4.78, 5) is 10.6. The van der Waals surface area contributed by atoms with Gasteiger partial charge in [-0.05, 0) is 12.8 Å². The predicted molar refractivity (Wildman–Crippen MR) is 55.6 cm³/mol. The van der Waals surface area contributed by atoms with Crippen LogP contribution in [0.25, 0.3) is 0 Å². The molecule has 84 valence electrons. The van der Waals surface area contributed by atoms with Crippen molar-refractivity contribution in [3.05, 3.63) is 11.4 Å². The maximum Gasteiger partial charge on any atom is 0.309 e. The SMILES string of the molecule is CCCCn1nnc(CC(=O)O)c1CC. The fraction of sp³-hybridized carbons (Fsp3) is 0.700.